The zero-order chi connectivity index (χ0) is 23.5. The van der Waals surface area contributed by atoms with Crippen LogP contribution in [0.4, 0.5) is 0 Å². The SMILES string of the molecule is Cc1cccc(C2=C(c3c(C(C)(C)C)ccc4c3Cc3cc(C(C)(C)C)ccc3-4)CC=C2)c1. The lowest BCUT2D eigenvalue weighted by atomic mass is 9.77. The molecule has 2 aliphatic carbocycles. The second-order valence-electron chi connectivity index (χ2n) is 11.9. The Kier molecular flexibility index (Phi) is 5.05. The van der Waals surface area contributed by atoms with Crippen LogP contribution in [0.2, 0.25) is 0 Å². The van der Waals surface area contributed by atoms with Crippen LogP contribution < -0.4 is 0 Å². The molecule has 5 rings (SSSR count). The van der Waals surface area contributed by atoms with Crippen molar-refractivity contribution in [3.05, 3.63) is 106 Å². The van der Waals surface area contributed by atoms with E-state index in [0.29, 0.717) is 0 Å². The average Bonchev–Trinajstić information content (AvgIpc) is 3.36. The third-order valence-electron chi connectivity index (χ3n) is 7.31. The normalized spacial score (nSPS) is 15.2. The first-order valence-corrected chi connectivity index (χ1v) is 12.3. The van der Waals surface area contributed by atoms with Gasteiger partial charge in [0.25, 0.3) is 0 Å². The number of aryl methyl sites for hydroxylation is 1. The minimum atomic E-state index is 0.0863. The number of allylic oxidation sites excluding steroid dienone is 4. The van der Waals surface area contributed by atoms with Crippen LogP contribution in [0.25, 0.3) is 22.3 Å². The van der Waals surface area contributed by atoms with Crippen molar-refractivity contribution in [1.82, 2.24) is 0 Å². The van der Waals surface area contributed by atoms with Gasteiger partial charge in [0.05, 0.1) is 0 Å². The summed E-state index contributed by atoms with van der Waals surface area (Å²) >= 11 is 0. The molecule has 0 spiro atoms. The fourth-order valence-electron chi connectivity index (χ4n) is 5.54. The van der Waals surface area contributed by atoms with Crippen molar-refractivity contribution in [3.63, 3.8) is 0 Å². The van der Waals surface area contributed by atoms with Gasteiger partial charge in [0.2, 0.25) is 0 Å². The van der Waals surface area contributed by atoms with Crippen molar-refractivity contribution in [2.45, 2.75) is 72.1 Å². The van der Waals surface area contributed by atoms with Crippen molar-refractivity contribution in [3.8, 4) is 11.1 Å². The molecule has 0 heteroatoms. The Morgan fingerprint density at radius 2 is 1.52 bits per heavy atom. The third kappa shape index (κ3) is 3.80. The van der Waals surface area contributed by atoms with Gasteiger partial charge in [-0.1, -0.05) is 114 Å². The van der Waals surface area contributed by atoms with Gasteiger partial charge in [-0.2, -0.15) is 0 Å². The topological polar surface area (TPSA) is 0 Å². The van der Waals surface area contributed by atoms with Gasteiger partial charge in [0, 0.05) is 0 Å². The van der Waals surface area contributed by atoms with Gasteiger partial charge in [-0.25, -0.2) is 0 Å². The summed E-state index contributed by atoms with van der Waals surface area (Å²) in [5.41, 5.74) is 16.0. The Labute approximate surface area is 200 Å². The molecule has 168 valence electrons. The second-order valence-corrected chi connectivity index (χ2v) is 11.9. The van der Waals surface area contributed by atoms with E-state index in [2.05, 4.69) is 115 Å². The Balaban J connectivity index is 1.74. The maximum absolute atomic E-state index is 2.46. The minimum Gasteiger partial charge on any atom is -0.0795 e. The lowest BCUT2D eigenvalue weighted by Gasteiger charge is -2.27. The van der Waals surface area contributed by atoms with Crippen LogP contribution in [0, 0.1) is 6.92 Å². The zero-order valence-corrected chi connectivity index (χ0v) is 21.3. The molecule has 0 radical (unpaired) electrons. The number of benzene rings is 3. The van der Waals surface area contributed by atoms with E-state index in [1.54, 1.807) is 0 Å². The van der Waals surface area contributed by atoms with Gasteiger partial charge in [-0.3, -0.25) is 0 Å². The summed E-state index contributed by atoms with van der Waals surface area (Å²) in [5.74, 6) is 0. The van der Waals surface area contributed by atoms with Gasteiger partial charge < -0.3 is 0 Å². The summed E-state index contributed by atoms with van der Waals surface area (Å²) in [7, 11) is 0. The maximum Gasteiger partial charge on any atom is -0.000719 e. The van der Waals surface area contributed by atoms with Crippen LogP contribution in [-0.4, -0.2) is 0 Å². The van der Waals surface area contributed by atoms with E-state index in [-0.39, 0.29) is 10.8 Å². The molecule has 0 fully saturated rings. The third-order valence-corrected chi connectivity index (χ3v) is 7.31. The van der Waals surface area contributed by atoms with E-state index in [1.807, 2.05) is 0 Å². The fraction of sp³-hybridized carbons (Fsp3) is 0.333. The predicted molar refractivity (Wildman–Crippen MR) is 144 cm³/mol. The number of fused-ring (bicyclic) bond motifs is 3. The first kappa shape index (κ1) is 22.0. The quantitative estimate of drug-likeness (QED) is 0.296. The van der Waals surface area contributed by atoms with Crippen LogP contribution in [0.15, 0.2) is 66.7 Å². The molecule has 0 saturated heterocycles. The summed E-state index contributed by atoms with van der Waals surface area (Å²) in [5, 5.41) is 0. The molecule has 0 atom stereocenters. The molecule has 3 aromatic rings. The van der Waals surface area contributed by atoms with Gasteiger partial charge in [-0.15, -0.1) is 0 Å². The highest BCUT2D eigenvalue weighted by Crippen LogP contribution is 2.48. The van der Waals surface area contributed by atoms with Crippen molar-refractivity contribution in [2.75, 3.05) is 0 Å². The van der Waals surface area contributed by atoms with Crippen LogP contribution in [-0.2, 0) is 17.3 Å². The standard InChI is InChI=1S/C33H36/c1-21-10-8-11-22(18-21)25-12-9-13-28(25)31-29-20-23-19-24(32(2,3)4)14-15-26(23)27(29)16-17-30(31)33(5,6)7/h8-12,14-19H,13,20H2,1-7H3. The van der Waals surface area contributed by atoms with Gasteiger partial charge in [-0.05, 0) is 86.2 Å². The lowest BCUT2D eigenvalue weighted by molar-refractivity contribution is 0.588. The lowest BCUT2D eigenvalue weighted by Crippen LogP contribution is -2.15. The maximum atomic E-state index is 2.46. The van der Waals surface area contributed by atoms with E-state index in [1.165, 1.54) is 61.2 Å². The van der Waals surface area contributed by atoms with Crippen LogP contribution in [0.1, 0.15) is 86.9 Å². The second kappa shape index (κ2) is 7.59. The molecule has 0 unspecified atom stereocenters. The molecule has 0 amide bonds. The molecule has 2 aliphatic rings. The van der Waals surface area contributed by atoms with Gasteiger partial charge >= 0.3 is 0 Å². The summed E-state index contributed by atoms with van der Waals surface area (Å²) in [6.45, 7) is 16.2. The molecule has 0 nitrogen and oxygen atoms in total. The van der Waals surface area contributed by atoms with Crippen LogP contribution in [0.5, 0.6) is 0 Å². The summed E-state index contributed by atoms with van der Waals surface area (Å²) < 4.78 is 0. The number of hydrogen-bond acceptors (Lipinski definition) is 0. The fourth-order valence-corrected chi connectivity index (χ4v) is 5.54. The van der Waals surface area contributed by atoms with Crippen molar-refractivity contribution in [1.29, 1.82) is 0 Å². The van der Waals surface area contributed by atoms with Crippen molar-refractivity contribution in [2.24, 2.45) is 0 Å². The minimum absolute atomic E-state index is 0.0863. The molecule has 3 aromatic carbocycles. The Hall–Kier alpha value is -2.86. The van der Waals surface area contributed by atoms with Crippen molar-refractivity contribution >= 4 is 11.1 Å². The molecule has 0 N–H and O–H groups in total. The number of rotatable bonds is 2. The highest BCUT2D eigenvalue weighted by molar-refractivity contribution is 6.01. The monoisotopic (exact) mass is 432 g/mol. The van der Waals surface area contributed by atoms with E-state index < -0.39 is 0 Å². The largest absolute Gasteiger partial charge is 0.0795 e. The number of hydrogen-bond donors (Lipinski definition) is 0. The first-order valence-electron chi connectivity index (χ1n) is 12.3. The Morgan fingerprint density at radius 3 is 2.21 bits per heavy atom. The zero-order valence-electron chi connectivity index (χ0n) is 21.3. The molecule has 0 aliphatic heterocycles. The summed E-state index contributed by atoms with van der Waals surface area (Å²) in [4.78, 5) is 0. The van der Waals surface area contributed by atoms with Gasteiger partial charge in [0.1, 0.15) is 0 Å². The Morgan fingerprint density at radius 1 is 0.758 bits per heavy atom. The average molecular weight is 433 g/mol. The molecule has 0 saturated carbocycles. The van der Waals surface area contributed by atoms with Gasteiger partial charge in [0.15, 0.2) is 0 Å². The van der Waals surface area contributed by atoms with E-state index in [4.69, 9.17) is 0 Å². The van der Waals surface area contributed by atoms with Crippen LogP contribution in [0.3, 0.4) is 0 Å². The summed E-state index contributed by atoms with van der Waals surface area (Å²) in [6.07, 6.45) is 6.72. The molecule has 0 heterocycles. The van der Waals surface area contributed by atoms with E-state index in [9.17, 15) is 0 Å². The van der Waals surface area contributed by atoms with E-state index >= 15 is 0 Å². The summed E-state index contributed by atoms with van der Waals surface area (Å²) in [6, 6.07) is 20.9. The van der Waals surface area contributed by atoms with E-state index in [0.717, 1.165) is 12.8 Å². The molecule has 0 bridgehead atoms. The van der Waals surface area contributed by atoms with Crippen LogP contribution >= 0.6 is 0 Å². The highest BCUT2D eigenvalue weighted by atomic mass is 14.3. The molecular weight excluding hydrogens is 396 g/mol. The highest BCUT2D eigenvalue weighted by Gasteiger charge is 2.31. The predicted octanol–water partition coefficient (Wildman–Crippen LogP) is 9.03. The first-order chi connectivity index (χ1) is 15.5. The molecule has 33 heavy (non-hydrogen) atoms. The van der Waals surface area contributed by atoms with Crippen molar-refractivity contribution < 1.29 is 0 Å². The smallest absolute Gasteiger partial charge is 0.000719 e. The molecule has 0 aromatic heterocycles. The molecular formula is C33H36. The Bertz CT molecular complexity index is 1310.